The third-order valence-corrected chi connectivity index (χ3v) is 8.39. The maximum absolute atomic E-state index is 14.0. The van der Waals surface area contributed by atoms with E-state index in [1.54, 1.807) is 0 Å². The van der Waals surface area contributed by atoms with Crippen LogP contribution in [0.2, 0.25) is 0 Å². The van der Waals surface area contributed by atoms with Gasteiger partial charge in [-0.05, 0) is 60.8 Å². The molecule has 33 heavy (non-hydrogen) atoms. The molecule has 1 aliphatic carbocycles. The fourth-order valence-electron chi connectivity index (χ4n) is 6.62. The third kappa shape index (κ3) is 3.59. The lowest BCUT2D eigenvalue weighted by Gasteiger charge is -2.49. The number of hydrogen-bond acceptors (Lipinski definition) is 3. The predicted octanol–water partition coefficient (Wildman–Crippen LogP) is 4.98. The van der Waals surface area contributed by atoms with Crippen LogP contribution in [0.3, 0.4) is 0 Å². The second-order valence-corrected chi connectivity index (χ2v) is 10.4. The first kappa shape index (κ1) is 22.2. The first-order valence-corrected chi connectivity index (χ1v) is 12.4. The van der Waals surface area contributed by atoms with Crippen molar-refractivity contribution >= 4 is 5.91 Å². The van der Waals surface area contributed by atoms with Crippen LogP contribution in [-0.4, -0.2) is 23.2 Å². The summed E-state index contributed by atoms with van der Waals surface area (Å²) >= 11 is 0. The normalized spacial score (nSPS) is 36.3. The number of hydrogen-bond donors (Lipinski definition) is 2. The molecule has 1 amide bonds. The molecule has 2 fully saturated rings. The number of furan rings is 1. The van der Waals surface area contributed by atoms with Crippen LogP contribution in [0.4, 0.5) is 0 Å². The zero-order valence-electron chi connectivity index (χ0n) is 19.7. The number of allylic oxidation sites excluding steroid dienone is 1. The zero-order valence-corrected chi connectivity index (χ0v) is 19.7. The summed E-state index contributed by atoms with van der Waals surface area (Å²) in [5, 5.41) is 14.8. The molecule has 2 N–H and O–H groups in total. The molecule has 1 unspecified atom stereocenters. The first-order chi connectivity index (χ1) is 15.9. The Morgan fingerprint density at radius 2 is 1.97 bits per heavy atom. The molecule has 0 radical (unpaired) electrons. The molecule has 3 aliphatic rings. The third-order valence-electron chi connectivity index (χ3n) is 8.39. The van der Waals surface area contributed by atoms with Crippen LogP contribution < -0.4 is 5.32 Å². The molecular formula is C29H35NO3. The van der Waals surface area contributed by atoms with E-state index in [4.69, 9.17) is 4.42 Å². The van der Waals surface area contributed by atoms with Gasteiger partial charge < -0.3 is 14.8 Å². The van der Waals surface area contributed by atoms with Gasteiger partial charge >= 0.3 is 0 Å². The van der Waals surface area contributed by atoms with Crippen LogP contribution >= 0.6 is 0 Å². The number of benzene rings is 1. The van der Waals surface area contributed by atoms with Crippen molar-refractivity contribution < 1.29 is 14.3 Å². The van der Waals surface area contributed by atoms with Gasteiger partial charge in [-0.3, -0.25) is 4.79 Å². The van der Waals surface area contributed by atoms with Crippen LogP contribution in [0.15, 0.2) is 71.2 Å². The molecule has 2 bridgehead atoms. The average molecular weight is 446 g/mol. The van der Waals surface area contributed by atoms with Crippen molar-refractivity contribution in [3.63, 3.8) is 0 Å². The van der Waals surface area contributed by atoms with Gasteiger partial charge in [0.15, 0.2) is 0 Å². The number of carbonyl (C=O) groups is 1. The summed E-state index contributed by atoms with van der Waals surface area (Å²) in [5.41, 5.74) is 1.06. The summed E-state index contributed by atoms with van der Waals surface area (Å²) in [7, 11) is 0. The predicted molar refractivity (Wildman–Crippen MR) is 130 cm³/mol. The van der Waals surface area contributed by atoms with Gasteiger partial charge in [-0.2, -0.15) is 0 Å². The van der Waals surface area contributed by atoms with Crippen LogP contribution in [0.25, 0.3) is 0 Å². The quantitative estimate of drug-likeness (QED) is 0.641. The van der Waals surface area contributed by atoms with E-state index in [2.05, 4.69) is 50.0 Å². The van der Waals surface area contributed by atoms with Gasteiger partial charge in [0.1, 0.15) is 16.9 Å². The average Bonchev–Trinajstić information content (AvgIpc) is 3.38. The summed E-state index contributed by atoms with van der Waals surface area (Å²) in [6.45, 7) is 8.67. The van der Waals surface area contributed by atoms with Crippen LogP contribution in [0.1, 0.15) is 50.2 Å². The molecule has 1 spiro atoms. The minimum Gasteiger partial charge on any atom is -0.465 e. The Kier molecular flexibility index (Phi) is 5.82. The second kappa shape index (κ2) is 8.64. The summed E-state index contributed by atoms with van der Waals surface area (Å²) in [6, 6.07) is 14.3. The molecular weight excluding hydrogens is 410 g/mol. The van der Waals surface area contributed by atoms with Crippen LogP contribution in [0.5, 0.6) is 0 Å². The van der Waals surface area contributed by atoms with Gasteiger partial charge in [-0.25, -0.2) is 0 Å². The molecule has 1 aromatic carbocycles. The van der Waals surface area contributed by atoms with Crippen LogP contribution in [0, 0.1) is 23.7 Å². The molecule has 1 saturated heterocycles. The Bertz CT molecular complexity index is 1050. The van der Waals surface area contributed by atoms with E-state index < -0.39 is 17.4 Å². The summed E-state index contributed by atoms with van der Waals surface area (Å²) in [5.74, 6) is 1.64. The number of aryl methyl sites for hydroxylation is 1. The Labute approximate surface area is 196 Å². The fourth-order valence-corrected chi connectivity index (χ4v) is 6.62. The monoisotopic (exact) mass is 445 g/mol. The Balaban J connectivity index is 1.66. The topological polar surface area (TPSA) is 62.5 Å². The highest BCUT2D eigenvalue weighted by atomic mass is 16.3. The standard InChI is InChI=1S/C29H35NO3/c1-18-9-7-13-22-15-16-25(33-22)29-23(14-8-10-18)27(31)20(3)19(2)26(29)24(30-28(29)32)17-21-11-5-4-6-12-21/h4-6,8,11-12,14-16,18-19,23-24,26-27,31H,3,7,9-10,13,17H2,1-2H3,(H,30,32)/t18?,19-,23+,24+,26+,27-,29-/m1/s1. The van der Waals surface area contributed by atoms with Crippen molar-refractivity contribution in [1.29, 1.82) is 0 Å². The van der Waals surface area contributed by atoms with Crippen molar-refractivity contribution in [3.05, 3.63) is 83.9 Å². The van der Waals surface area contributed by atoms with Crippen molar-refractivity contribution in [2.75, 3.05) is 0 Å². The van der Waals surface area contributed by atoms with Gasteiger partial charge in [0.2, 0.25) is 5.91 Å². The van der Waals surface area contributed by atoms with Crippen molar-refractivity contribution in [2.45, 2.75) is 63.5 Å². The molecule has 1 aromatic heterocycles. The first-order valence-electron chi connectivity index (χ1n) is 12.4. The summed E-state index contributed by atoms with van der Waals surface area (Å²) in [6.07, 6.45) is 8.22. The lowest BCUT2D eigenvalue weighted by atomic mass is 9.52. The zero-order chi connectivity index (χ0) is 23.2. The number of fused-ring (bicyclic) bond motifs is 2. The van der Waals surface area contributed by atoms with Crippen molar-refractivity contribution in [3.8, 4) is 0 Å². The van der Waals surface area contributed by atoms with Gasteiger partial charge in [0, 0.05) is 24.3 Å². The Morgan fingerprint density at radius 3 is 2.76 bits per heavy atom. The molecule has 4 nitrogen and oxygen atoms in total. The van der Waals surface area contributed by atoms with Crippen molar-refractivity contribution in [1.82, 2.24) is 5.32 Å². The van der Waals surface area contributed by atoms with E-state index in [1.807, 2.05) is 30.3 Å². The van der Waals surface area contributed by atoms with E-state index in [0.717, 1.165) is 43.4 Å². The Hall–Kier alpha value is -2.59. The number of aliphatic hydroxyl groups excluding tert-OH is 1. The van der Waals surface area contributed by atoms with E-state index in [-0.39, 0.29) is 23.8 Å². The summed E-state index contributed by atoms with van der Waals surface area (Å²) < 4.78 is 6.43. The van der Waals surface area contributed by atoms with E-state index >= 15 is 0 Å². The molecule has 2 aromatic rings. The Morgan fingerprint density at radius 1 is 1.18 bits per heavy atom. The minimum atomic E-state index is -0.948. The van der Waals surface area contributed by atoms with E-state index in [9.17, 15) is 9.90 Å². The van der Waals surface area contributed by atoms with Gasteiger partial charge in [0.25, 0.3) is 0 Å². The molecule has 174 valence electrons. The highest BCUT2D eigenvalue weighted by Gasteiger charge is 2.67. The highest BCUT2D eigenvalue weighted by molar-refractivity contribution is 5.92. The molecule has 3 heterocycles. The van der Waals surface area contributed by atoms with Gasteiger partial charge in [0.05, 0.1) is 6.10 Å². The number of aliphatic hydroxyl groups is 1. The van der Waals surface area contributed by atoms with Crippen molar-refractivity contribution in [2.24, 2.45) is 23.7 Å². The molecule has 5 rings (SSSR count). The molecule has 2 aliphatic heterocycles. The summed E-state index contributed by atoms with van der Waals surface area (Å²) in [4.78, 5) is 14.0. The highest BCUT2D eigenvalue weighted by Crippen LogP contribution is 2.57. The maximum atomic E-state index is 14.0. The molecule has 1 saturated carbocycles. The van der Waals surface area contributed by atoms with E-state index in [1.165, 1.54) is 5.56 Å². The smallest absolute Gasteiger partial charge is 0.235 e. The van der Waals surface area contributed by atoms with Gasteiger partial charge in [-0.1, -0.05) is 62.9 Å². The number of carbonyl (C=O) groups excluding carboxylic acids is 1. The van der Waals surface area contributed by atoms with E-state index in [0.29, 0.717) is 11.7 Å². The SMILES string of the molecule is C=C1[C@@H](C)[C@H]2[C@H](Cc3ccccc3)NC(=O)[C@]23c2ccc(o2)CCCC(C)CC=C[C@H]3[C@@H]1O. The second-order valence-electron chi connectivity index (χ2n) is 10.4. The van der Waals surface area contributed by atoms with Gasteiger partial charge in [-0.15, -0.1) is 0 Å². The largest absolute Gasteiger partial charge is 0.465 e. The molecule has 7 atom stereocenters. The number of amides is 1. The lowest BCUT2D eigenvalue weighted by Crippen LogP contribution is -2.57. The van der Waals surface area contributed by atoms with Crippen LogP contribution in [-0.2, 0) is 23.1 Å². The number of nitrogens with one attached hydrogen (secondary N) is 1. The number of rotatable bonds is 2. The lowest BCUT2D eigenvalue weighted by molar-refractivity contribution is -0.130. The fraction of sp³-hybridized carbons (Fsp3) is 0.483. The maximum Gasteiger partial charge on any atom is 0.235 e. The minimum absolute atomic E-state index is 0.0299. The molecule has 4 heteroatoms.